The lowest BCUT2D eigenvalue weighted by molar-refractivity contribution is -0.121. The highest BCUT2D eigenvalue weighted by atomic mass is 35.5. The maximum absolute atomic E-state index is 11.7. The Kier molecular flexibility index (Phi) is 6.80. The van der Waals surface area contributed by atoms with Crippen LogP contribution in [0.4, 0.5) is 0 Å². The van der Waals surface area contributed by atoms with Crippen molar-refractivity contribution in [1.29, 1.82) is 0 Å². The van der Waals surface area contributed by atoms with Gasteiger partial charge in [0, 0.05) is 12.5 Å². The molecule has 2 heterocycles. The molecule has 3 rings (SSSR count). The summed E-state index contributed by atoms with van der Waals surface area (Å²) in [5, 5.41) is 6.20. The largest absolute Gasteiger partial charge is 0.492 e. The fourth-order valence-corrected chi connectivity index (χ4v) is 2.71. The van der Waals surface area contributed by atoms with E-state index in [1.165, 1.54) is 6.42 Å². The molecule has 0 spiro atoms. The Balaban J connectivity index is 0.00000192. The highest BCUT2D eigenvalue weighted by Gasteiger charge is 2.16. The number of benzene rings is 1. The van der Waals surface area contributed by atoms with E-state index in [4.69, 9.17) is 14.2 Å². The van der Waals surface area contributed by atoms with Gasteiger partial charge in [0.2, 0.25) is 12.7 Å². The highest BCUT2D eigenvalue weighted by Crippen LogP contribution is 2.34. The third-order valence-corrected chi connectivity index (χ3v) is 3.98. The Morgan fingerprint density at radius 1 is 1.35 bits per heavy atom. The van der Waals surface area contributed by atoms with Crippen molar-refractivity contribution in [3.05, 3.63) is 18.2 Å². The molecule has 1 unspecified atom stereocenters. The Morgan fingerprint density at radius 3 is 3.04 bits per heavy atom. The summed E-state index contributed by atoms with van der Waals surface area (Å²) in [7, 11) is 0. The molecule has 2 N–H and O–H groups in total. The lowest BCUT2D eigenvalue weighted by Gasteiger charge is -2.10. The Bertz CT molecular complexity index is 521. The molecule has 6 nitrogen and oxygen atoms in total. The summed E-state index contributed by atoms with van der Waals surface area (Å²) >= 11 is 0. The average Bonchev–Trinajstić information content (AvgIpc) is 3.20. The van der Waals surface area contributed by atoms with Gasteiger partial charge in [-0.15, -0.1) is 12.4 Å². The van der Waals surface area contributed by atoms with Gasteiger partial charge in [0.15, 0.2) is 11.5 Å². The average molecular weight is 343 g/mol. The molecule has 0 aliphatic carbocycles. The van der Waals surface area contributed by atoms with E-state index in [0.29, 0.717) is 31.2 Å². The van der Waals surface area contributed by atoms with Gasteiger partial charge in [-0.2, -0.15) is 0 Å². The minimum atomic E-state index is 0. The molecule has 0 saturated carbocycles. The Hall–Kier alpha value is -1.66. The van der Waals surface area contributed by atoms with E-state index < -0.39 is 0 Å². The second kappa shape index (κ2) is 8.84. The molecule has 1 aromatic carbocycles. The van der Waals surface area contributed by atoms with Crippen LogP contribution in [0.5, 0.6) is 17.2 Å². The predicted octanol–water partition coefficient (Wildman–Crippen LogP) is 1.72. The number of nitrogens with one attached hydrogen (secondary N) is 2. The van der Waals surface area contributed by atoms with Crippen molar-refractivity contribution in [2.45, 2.75) is 19.3 Å². The van der Waals surface area contributed by atoms with Crippen LogP contribution >= 0.6 is 12.4 Å². The molecule has 1 amide bonds. The minimum absolute atomic E-state index is 0. The van der Waals surface area contributed by atoms with Gasteiger partial charge in [-0.1, -0.05) is 0 Å². The first-order valence-electron chi connectivity index (χ1n) is 7.81. The summed E-state index contributed by atoms with van der Waals surface area (Å²) in [6, 6.07) is 5.46. The molecular weight excluding hydrogens is 320 g/mol. The van der Waals surface area contributed by atoms with Gasteiger partial charge in [0.25, 0.3) is 0 Å². The smallest absolute Gasteiger partial charge is 0.231 e. The van der Waals surface area contributed by atoms with E-state index in [9.17, 15) is 4.79 Å². The van der Waals surface area contributed by atoms with E-state index in [1.807, 2.05) is 12.1 Å². The van der Waals surface area contributed by atoms with Gasteiger partial charge in [-0.25, -0.2) is 0 Å². The van der Waals surface area contributed by atoms with Crippen LogP contribution in [0.25, 0.3) is 0 Å². The first kappa shape index (κ1) is 17.7. The van der Waals surface area contributed by atoms with E-state index in [1.54, 1.807) is 6.07 Å². The molecular formula is C16H23ClN2O4. The van der Waals surface area contributed by atoms with E-state index >= 15 is 0 Å². The molecule has 128 valence electrons. The fourth-order valence-electron chi connectivity index (χ4n) is 2.71. The molecule has 0 aromatic heterocycles. The van der Waals surface area contributed by atoms with E-state index in [-0.39, 0.29) is 25.1 Å². The van der Waals surface area contributed by atoms with Gasteiger partial charge >= 0.3 is 0 Å². The minimum Gasteiger partial charge on any atom is -0.492 e. The van der Waals surface area contributed by atoms with Crippen molar-refractivity contribution in [1.82, 2.24) is 10.6 Å². The number of hydrogen-bond donors (Lipinski definition) is 2. The zero-order valence-corrected chi connectivity index (χ0v) is 13.8. The quantitative estimate of drug-likeness (QED) is 0.738. The number of carbonyl (C=O) groups excluding carboxylic acids is 1. The van der Waals surface area contributed by atoms with Gasteiger partial charge in [0.05, 0.1) is 6.54 Å². The normalized spacial score (nSPS) is 18.3. The van der Waals surface area contributed by atoms with Crippen molar-refractivity contribution in [3.8, 4) is 17.2 Å². The summed E-state index contributed by atoms with van der Waals surface area (Å²) in [5.41, 5.74) is 0. The fraction of sp³-hybridized carbons (Fsp3) is 0.562. The molecule has 1 fully saturated rings. The van der Waals surface area contributed by atoms with Crippen LogP contribution in [0, 0.1) is 5.92 Å². The Morgan fingerprint density at radius 2 is 2.22 bits per heavy atom. The molecule has 1 atom stereocenters. The number of amides is 1. The molecule has 7 heteroatoms. The molecule has 2 aliphatic rings. The second-order valence-corrected chi connectivity index (χ2v) is 5.61. The summed E-state index contributed by atoms with van der Waals surface area (Å²) in [6.45, 7) is 3.33. The summed E-state index contributed by atoms with van der Waals surface area (Å²) < 4.78 is 16.1. The first-order chi connectivity index (χ1) is 10.8. The van der Waals surface area contributed by atoms with Crippen LogP contribution in [-0.2, 0) is 4.79 Å². The van der Waals surface area contributed by atoms with E-state index in [0.717, 1.165) is 31.0 Å². The lowest BCUT2D eigenvalue weighted by atomic mass is 10.0. The number of ether oxygens (including phenoxy) is 3. The van der Waals surface area contributed by atoms with Crippen molar-refractivity contribution in [2.75, 3.05) is 33.0 Å². The standard InChI is InChI=1S/C16H22N2O4.ClH/c19-16(4-1-12-5-6-17-10-12)18-7-8-20-13-2-3-14-15(9-13)22-11-21-14;/h2-3,9,12,17H,1,4-8,10-11H2,(H,18,19);1H. The molecule has 1 aromatic rings. The summed E-state index contributed by atoms with van der Waals surface area (Å²) in [5.74, 6) is 2.90. The van der Waals surface area contributed by atoms with Crippen LogP contribution in [0.3, 0.4) is 0 Å². The number of rotatable bonds is 7. The number of carbonyl (C=O) groups is 1. The maximum atomic E-state index is 11.7. The van der Waals surface area contributed by atoms with E-state index in [2.05, 4.69) is 10.6 Å². The lowest BCUT2D eigenvalue weighted by Crippen LogP contribution is -2.28. The third kappa shape index (κ3) is 5.18. The zero-order valence-electron chi connectivity index (χ0n) is 13.0. The molecule has 0 bridgehead atoms. The van der Waals surface area contributed by atoms with Crippen molar-refractivity contribution >= 4 is 18.3 Å². The van der Waals surface area contributed by atoms with Crippen LogP contribution in [-0.4, -0.2) is 38.9 Å². The van der Waals surface area contributed by atoms with Crippen LogP contribution in [0.15, 0.2) is 18.2 Å². The number of halogens is 1. The summed E-state index contributed by atoms with van der Waals surface area (Å²) in [6.07, 6.45) is 2.73. The van der Waals surface area contributed by atoms with Gasteiger partial charge in [0.1, 0.15) is 12.4 Å². The maximum Gasteiger partial charge on any atom is 0.231 e. The number of fused-ring (bicyclic) bond motifs is 1. The molecule has 1 saturated heterocycles. The number of hydrogen-bond acceptors (Lipinski definition) is 5. The van der Waals surface area contributed by atoms with Gasteiger partial charge in [-0.05, 0) is 44.0 Å². The third-order valence-electron chi connectivity index (χ3n) is 3.98. The molecule has 2 aliphatic heterocycles. The van der Waals surface area contributed by atoms with Crippen molar-refractivity contribution in [3.63, 3.8) is 0 Å². The van der Waals surface area contributed by atoms with Crippen LogP contribution < -0.4 is 24.8 Å². The first-order valence-corrected chi connectivity index (χ1v) is 7.81. The summed E-state index contributed by atoms with van der Waals surface area (Å²) in [4.78, 5) is 11.7. The van der Waals surface area contributed by atoms with Crippen molar-refractivity contribution in [2.24, 2.45) is 5.92 Å². The Labute approximate surface area is 142 Å². The zero-order chi connectivity index (χ0) is 15.2. The molecule has 23 heavy (non-hydrogen) atoms. The SMILES string of the molecule is Cl.O=C(CCC1CCNC1)NCCOc1ccc2c(c1)OCO2. The monoisotopic (exact) mass is 342 g/mol. The van der Waals surface area contributed by atoms with Crippen LogP contribution in [0.2, 0.25) is 0 Å². The second-order valence-electron chi connectivity index (χ2n) is 5.61. The van der Waals surface area contributed by atoms with Gasteiger partial charge in [-0.3, -0.25) is 4.79 Å². The van der Waals surface area contributed by atoms with Crippen LogP contribution in [0.1, 0.15) is 19.3 Å². The van der Waals surface area contributed by atoms with Crippen molar-refractivity contribution < 1.29 is 19.0 Å². The predicted molar refractivity (Wildman–Crippen MR) is 88.5 cm³/mol. The van der Waals surface area contributed by atoms with Gasteiger partial charge < -0.3 is 24.8 Å². The topological polar surface area (TPSA) is 68.8 Å². The molecule has 0 radical (unpaired) electrons. The highest BCUT2D eigenvalue weighted by molar-refractivity contribution is 5.85.